The Bertz CT molecular complexity index is 439. The molecule has 3 N–H and O–H groups in total. The summed E-state index contributed by atoms with van der Waals surface area (Å²) in [5, 5.41) is 2.99. The molecule has 0 unspecified atom stereocenters. The molecule has 1 amide bonds. The average Bonchev–Trinajstić information content (AvgIpc) is 2.45. The van der Waals surface area contributed by atoms with Crippen LogP contribution in [-0.2, 0) is 22.5 Å². The van der Waals surface area contributed by atoms with E-state index in [2.05, 4.69) is 29.6 Å². The van der Waals surface area contributed by atoms with Crippen molar-refractivity contribution >= 4 is 5.91 Å². The Labute approximate surface area is 127 Å². The van der Waals surface area contributed by atoms with E-state index in [1.807, 2.05) is 6.92 Å². The van der Waals surface area contributed by atoms with E-state index in [1.54, 1.807) is 0 Å². The van der Waals surface area contributed by atoms with Crippen molar-refractivity contribution in [3.05, 3.63) is 35.4 Å². The smallest absolute Gasteiger partial charge is 0.220 e. The van der Waals surface area contributed by atoms with E-state index in [9.17, 15) is 4.79 Å². The monoisotopic (exact) mass is 290 g/mol. The molecule has 4 heteroatoms. The van der Waals surface area contributed by atoms with E-state index in [4.69, 9.17) is 10.5 Å². The van der Waals surface area contributed by atoms with Gasteiger partial charge in [-0.25, -0.2) is 0 Å². The number of rotatable bonds is 8. The molecule has 1 aliphatic rings. The number of nitrogens with two attached hydrogens (primary N) is 1. The van der Waals surface area contributed by atoms with Gasteiger partial charge >= 0.3 is 0 Å². The molecule has 2 rings (SSSR count). The summed E-state index contributed by atoms with van der Waals surface area (Å²) in [5.74, 6) is 0.634. The number of hydrogen-bond acceptors (Lipinski definition) is 3. The number of nitrogens with one attached hydrogen (secondary N) is 1. The van der Waals surface area contributed by atoms with Gasteiger partial charge in [-0.1, -0.05) is 24.3 Å². The van der Waals surface area contributed by atoms with Crippen LogP contribution < -0.4 is 11.1 Å². The Morgan fingerprint density at radius 3 is 2.57 bits per heavy atom. The third kappa shape index (κ3) is 5.14. The van der Waals surface area contributed by atoms with E-state index >= 15 is 0 Å². The van der Waals surface area contributed by atoms with Gasteiger partial charge in [-0.05, 0) is 49.8 Å². The molecule has 1 aliphatic carbocycles. The van der Waals surface area contributed by atoms with Crippen LogP contribution in [0, 0.1) is 5.92 Å². The number of benzene rings is 1. The highest BCUT2D eigenvalue weighted by Gasteiger charge is 2.30. The first kappa shape index (κ1) is 16.0. The van der Waals surface area contributed by atoms with Gasteiger partial charge in [0.15, 0.2) is 0 Å². The van der Waals surface area contributed by atoms with Crippen molar-refractivity contribution in [1.29, 1.82) is 0 Å². The Hall–Kier alpha value is -1.39. The maximum Gasteiger partial charge on any atom is 0.220 e. The maximum absolute atomic E-state index is 11.9. The third-order valence-corrected chi connectivity index (χ3v) is 4.01. The summed E-state index contributed by atoms with van der Waals surface area (Å²) in [5.41, 5.74) is 7.89. The van der Waals surface area contributed by atoms with Crippen LogP contribution in [0.4, 0.5) is 0 Å². The zero-order valence-electron chi connectivity index (χ0n) is 12.8. The lowest BCUT2D eigenvalue weighted by Crippen LogP contribution is -2.35. The van der Waals surface area contributed by atoms with Crippen molar-refractivity contribution < 1.29 is 9.53 Å². The lowest BCUT2D eigenvalue weighted by Gasteiger charge is -2.34. The van der Waals surface area contributed by atoms with Crippen LogP contribution in [0.15, 0.2) is 24.3 Å². The molecule has 0 aliphatic heterocycles. The van der Waals surface area contributed by atoms with Crippen molar-refractivity contribution in [2.75, 3.05) is 13.2 Å². The van der Waals surface area contributed by atoms with Gasteiger partial charge in [-0.15, -0.1) is 0 Å². The molecular formula is C17H26N2O2. The Morgan fingerprint density at radius 2 is 1.95 bits per heavy atom. The second kappa shape index (κ2) is 8.15. The van der Waals surface area contributed by atoms with Crippen LogP contribution in [0.5, 0.6) is 0 Å². The highest BCUT2D eigenvalue weighted by molar-refractivity contribution is 5.76. The van der Waals surface area contributed by atoms with E-state index in [-0.39, 0.29) is 5.91 Å². The van der Waals surface area contributed by atoms with Gasteiger partial charge in [0.2, 0.25) is 5.91 Å². The van der Waals surface area contributed by atoms with Crippen molar-refractivity contribution in [3.8, 4) is 0 Å². The van der Waals surface area contributed by atoms with Gasteiger partial charge in [0, 0.05) is 19.6 Å². The molecule has 0 saturated heterocycles. The fraction of sp³-hybridized carbons (Fsp3) is 0.588. The summed E-state index contributed by atoms with van der Waals surface area (Å²) in [4.78, 5) is 11.9. The van der Waals surface area contributed by atoms with Crippen LogP contribution in [0.2, 0.25) is 0 Å². The minimum Gasteiger partial charge on any atom is -0.378 e. The minimum atomic E-state index is 0.140. The quantitative estimate of drug-likeness (QED) is 0.770. The molecular weight excluding hydrogens is 264 g/mol. The molecule has 0 heterocycles. The molecule has 1 fully saturated rings. The molecule has 0 bridgehead atoms. The Morgan fingerprint density at radius 1 is 1.29 bits per heavy atom. The molecule has 0 radical (unpaired) electrons. The van der Waals surface area contributed by atoms with Gasteiger partial charge < -0.3 is 15.8 Å². The summed E-state index contributed by atoms with van der Waals surface area (Å²) in [6.45, 7) is 4.05. The van der Waals surface area contributed by atoms with Crippen LogP contribution in [0.25, 0.3) is 0 Å². The fourth-order valence-electron chi connectivity index (χ4n) is 2.74. The number of amides is 1. The molecule has 21 heavy (non-hydrogen) atoms. The number of carbonyl (C=O) groups is 1. The number of ether oxygens (including phenoxy) is 1. The predicted molar refractivity (Wildman–Crippen MR) is 83.8 cm³/mol. The number of carbonyl (C=O) groups excluding carboxylic acids is 1. The third-order valence-electron chi connectivity index (χ3n) is 4.01. The zero-order chi connectivity index (χ0) is 15.1. The van der Waals surface area contributed by atoms with Gasteiger partial charge in [0.25, 0.3) is 0 Å². The SMILES string of the molecule is CCOC1CC(CC(=O)NCc2ccc(CCN)cc2)C1. The normalized spacial score (nSPS) is 20.9. The van der Waals surface area contributed by atoms with Crippen molar-refractivity contribution in [2.24, 2.45) is 11.7 Å². The van der Waals surface area contributed by atoms with Gasteiger partial charge in [-0.2, -0.15) is 0 Å². The first-order valence-electron chi connectivity index (χ1n) is 7.87. The van der Waals surface area contributed by atoms with Crippen LogP contribution in [-0.4, -0.2) is 25.2 Å². The van der Waals surface area contributed by atoms with Gasteiger partial charge in [0.05, 0.1) is 6.10 Å². The molecule has 0 aromatic heterocycles. The van der Waals surface area contributed by atoms with Gasteiger partial charge in [0.1, 0.15) is 0 Å². The van der Waals surface area contributed by atoms with Crippen LogP contribution in [0.1, 0.15) is 37.3 Å². The summed E-state index contributed by atoms with van der Waals surface area (Å²) >= 11 is 0. The van der Waals surface area contributed by atoms with E-state index in [1.165, 1.54) is 5.56 Å². The fourth-order valence-corrected chi connectivity index (χ4v) is 2.74. The molecule has 0 atom stereocenters. The lowest BCUT2D eigenvalue weighted by atomic mass is 9.80. The first-order chi connectivity index (χ1) is 10.2. The van der Waals surface area contributed by atoms with Crippen molar-refractivity contribution in [3.63, 3.8) is 0 Å². The van der Waals surface area contributed by atoms with Crippen LogP contribution in [0.3, 0.4) is 0 Å². The topological polar surface area (TPSA) is 64.3 Å². The standard InChI is InChI=1S/C17H26N2O2/c1-2-21-16-9-15(10-16)11-17(20)19-12-14-5-3-13(4-6-14)7-8-18/h3-6,15-16H,2,7-12,18H2,1H3,(H,19,20). The minimum absolute atomic E-state index is 0.140. The second-order valence-electron chi connectivity index (χ2n) is 5.75. The summed E-state index contributed by atoms with van der Waals surface area (Å²) in [6.07, 6.45) is 3.94. The molecule has 1 saturated carbocycles. The van der Waals surface area contributed by atoms with E-state index in [0.717, 1.165) is 31.4 Å². The summed E-state index contributed by atoms with van der Waals surface area (Å²) in [7, 11) is 0. The van der Waals surface area contributed by atoms with Gasteiger partial charge in [-0.3, -0.25) is 4.79 Å². The van der Waals surface area contributed by atoms with Crippen LogP contribution >= 0.6 is 0 Å². The zero-order valence-corrected chi connectivity index (χ0v) is 12.8. The lowest BCUT2D eigenvalue weighted by molar-refractivity contribution is -0.124. The predicted octanol–water partition coefficient (Wildman–Crippen LogP) is 2.01. The highest BCUT2D eigenvalue weighted by Crippen LogP contribution is 2.32. The largest absolute Gasteiger partial charge is 0.378 e. The van der Waals surface area contributed by atoms with E-state index in [0.29, 0.717) is 31.5 Å². The maximum atomic E-state index is 11.9. The second-order valence-corrected chi connectivity index (χ2v) is 5.75. The molecule has 4 nitrogen and oxygen atoms in total. The Kier molecular flexibility index (Phi) is 6.21. The molecule has 0 spiro atoms. The van der Waals surface area contributed by atoms with E-state index < -0.39 is 0 Å². The molecule has 116 valence electrons. The summed E-state index contributed by atoms with van der Waals surface area (Å²) < 4.78 is 5.51. The average molecular weight is 290 g/mol. The first-order valence-corrected chi connectivity index (χ1v) is 7.87. The van der Waals surface area contributed by atoms with Crippen molar-refractivity contribution in [2.45, 2.75) is 45.3 Å². The number of hydrogen-bond donors (Lipinski definition) is 2. The molecule has 1 aromatic carbocycles. The summed E-state index contributed by atoms with van der Waals surface area (Å²) in [6, 6.07) is 8.26. The highest BCUT2D eigenvalue weighted by atomic mass is 16.5. The van der Waals surface area contributed by atoms with Crippen molar-refractivity contribution in [1.82, 2.24) is 5.32 Å². The molecule has 1 aromatic rings. The Balaban J connectivity index is 1.65.